The second-order valence-electron chi connectivity index (χ2n) is 13.1. The fourth-order valence-electron chi connectivity index (χ4n) is 8.31. The molecule has 0 spiro atoms. The summed E-state index contributed by atoms with van der Waals surface area (Å²) >= 11 is 3.84. The maximum atomic E-state index is 2.49. The fourth-order valence-corrected chi connectivity index (χ4v) is 10.7. The summed E-state index contributed by atoms with van der Waals surface area (Å²) in [4.78, 5) is 0. The molecule has 0 amide bonds. The molecular formula is C48H28S2. The van der Waals surface area contributed by atoms with Gasteiger partial charge in [0.25, 0.3) is 0 Å². The molecular weight excluding hydrogens is 641 g/mol. The van der Waals surface area contributed by atoms with E-state index in [9.17, 15) is 0 Å². The molecule has 0 atom stereocenters. The van der Waals surface area contributed by atoms with E-state index >= 15 is 0 Å². The van der Waals surface area contributed by atoms with Crippen LogP contribution in [0.15, 0.2) is 170 Å². The van der Waals surface area contributed by atoms with E-state index in [0.717, 1.165) is 0 Å². The molecule has 232 valence electrons. The summed E-state index contributed by atoms with van der Waals surface area (Å²) in [5.41, 5.74) is 7.60. The summed E-state index contributed by atoms with van der Waals surface area (Å²) in [5.74, 6) is 0. The first kappa shape index (κ1) is 28.1. The number of fused-ring (bicyclic) bond motifs is 11. The molecule has 11 aromatic rings. The van der Waals surface area contributed by atoms with E-state index in [1.807, 2.05) is 22.7 Å². The van der Waals surface area contributed by atoms with Crippen LogP contribution in [-0.2, 0) is 0 Å². The van der Waals surface area contributed by atoms with Crippen LogP contribution in [0, 0.1) is 0 Å². The van der Waals surface area contributed by atoms with Gasteiger partial charge in [0.2, 0.25) is 0 Å². The highest BCUT2D eigenvalue weighted by atomic mass is 32.1. The first-order chi connectivity index (χ1) is 24.8. The first-order valence-corrected chi connectivity index (χ1v) is 18.7. The third kappa shape index (κ3) is 4.04. The van der Waals surface area contributed by atoms with Gasteiger partial charge in [0, 0.05) is 51.3 Å². The Labute approximate surface area is 297 Å². The number of hydrogen-bond acceptors (Lipinski definition) is 2. The van der Waals surface area contributed by atoms with Crippen molar-refractivity contribution >= 4 is 95.3 Å². The Morgan fingerprint density at radius 1 is 0.300 bits per heavy atom. The minimum absolute atomic E-state index is 1.23. The molecule has 0 aliphatic carbocycles. The van der Waals surface area contributed by atoms with Gasteiger partial charge in [-0.3, -0.25) is 0 Å². The van der Waals surface area contributed by atoms with Crippen LogP contribution >= 0.6 is 22.7 Å². The molecule has 0 saturated heterocycles. The van der Waals surface area contributed by atoms with Crippen molar-refractivity contribution in [3.8, 4) is 33.4 Å². The van der Waals surface area contributed by atoms with Crippen molar-refractivity contribution in [2.24, 2.45) is 0 Å². The topological polar surface area (TPSA) is 0 Å². The van der Waals surface area contributed by atoms with E-state index in [0.29, 0.717) is 0 Å². The predicted molar refractivity (Wildman–Crippen MR) is 221 cm³/mol. The molecule has 0 aliphatic rings. The maximum absolute atomic E-state index is 2.49. The van der Waals surface area contributed by atoms with Gasteiger partial charge in [-0.15, -0.1) is 22.7 Å². The lowest BCUT2D eigenvalue weighted by Crippen LogP contribution is -1.92. The number of benzene rings is 9. The molecule has 0 unspecified atom stereocenters. The predicted octanol–water partition coefficient (Wildman–Crippen LogP) is 14.9. The van der Waals surface area contributed by atoms with Crippen LogP contribution in [0.3, 0.4) is 0 Å². The number of thiophene rings is 2. The molecule has 0 nitrogen and oxygen atoms in total. The van der Waals surface area contributed by atoms with Gasteiger partial charge in [-0.25, -0.2) is 0 Å². The smallest absolute Gasteiger partial charge is 0.0440 e. The maximum Gasteiger partial charge on any atom is 0.0440 e. The molecule has 50 heavy (non-hydrogen) atoms. The van der Waals surface area contributed by atoms with Crippen molar-refractivity contribution in [1.29, 1.82) is 0 Å². The van der Waals surface area contributed by atoms with Gasteiger partial charge < -0.3 is 0 Å². The fraction of sp³-hybridized carbons (Fsp3) is 0. The van der Waals surface area contributed by atoms with Crippen LogP contribution < -0.4 is 0 Å². The molecule has 2 aromatic heterocycles. The van der Waals surface area contributed by atoms with Crippen LogP contribution in [0.25, 0.3) is 106 Å². The van der Waals surface area contributed by atoms with E-state index < -0.39 is 0 Å². The highest BCUT2D eigenvalue weighted by Crippen LogP contribution is 2.52. The lowest BCUT2D eigenvalue weighted by atomic mass is 9.84. The van der Waals surface area contributed by atoms with Crippen molar-refractivity contribution in [2.75, 3.05) is 0 Å². The van der Waals surface area contributed by atoms with E-state index in [4.69, 9.17) is 0 Å². The van der Waals surface area contributed by atoms with Gasteiger partial charge in [0.1, 0.15) is 0 Å². The van der Waals surface area contributed by atoms with Crippen LogP contribution in [0.5, 0.6) is 0 Å². The van der Waals surface area contributed by atoms with Gasteiger partial charge in [0.05, 0.1) is 0 Å². The summed E-state index contributed by atoms with van der Waals surface area (Å²) < 4.78 is 5.37. The van der Waals surface area contributed by atoms with E-state index in [1.165, 1.54) is 106 Å². The minimum atomic E-state index is 1.23. The molecule has 9 aromatic carbocycles. The Morgan fingerprint density at radius 2 is 0.880 bits per heavy atom. The molecule has 0 radical (unpaired) electrons. The lowest BCUT2D eigenvalue weighted by Gasteiger charge is -2.20. The van der Waals surface area contributed by atoms with Gasteiger partial charge in [-0.2, -0.15) is 0 Å². The van der Waals surface area contributed by atoms with Crippen molar-refractivity contribution in [1.82, 2.24) is 0 Å². The summed E-state index contributed by atoms with van der Waals surface area (Å²) in [5, 5.41) is 13.2. The highest BCUT2D eigenvalue weighted by Gasteiger charge is 2.23. The largest absolute Gasteiger partial charge is 0.135 e. The minimum Gasteiger partial charge on any atom is -0.135 e. The Bertz CT molecular complexity index is 3130. The summed E-state index contributed by atoms with van der Waals surface area (Å²) in [6, 6.07) is 63.0. The van der Waals surface area contributed by atoms with E-state index in [-0.39, 0.29) is 0 Å². The van der Waals surface area contributed by atoms with Crippen molar-refractivity contribution in [3.05, 3.63) is 170 Å². The number of hydrogen-bond donors (Lipinski definition) is 0. The SMILES string of the molecule is c1ccc(-c2ccc3c(-c4cc5ccc6sc7ccccc7c6c5c5c4sc4ccccc45)c4ccccc4c(-c4ccccc4)c3c2)cc1. The second kappa shape index (κ2) is 10.9. The average molecular weight is 669 g/mol. The zero-order valence-electron chi connectivity index (χ0n) is 27.0. The van der Waals surface area contributed by atoms with E-state index in [2.05, 4.69) is 170 Å². The molecule has 0 bridgehead atoms. The van der Waals surface area contributed by atoms with Gasteiger partial charge >= 0.3 is 0 Å². The monoisotopic (exact) mass is 668 g/mol. The third-order valence-corrected chi connectivity index (χ3v) is 12.8. The second-order valence-corrected chi connectivity index (χ2v) is 15.3. The van der Waals surface area contributed by atoms with Crippen molar-refractivity contribution < 1.29 is 0 Å². The summed E-state index contributed by atoms with van der Waals surface area (Å²) in [6.45, 7) is 0. The Hall–Kier alpha value is -5.80. The zero-order chi connectivity index (χ0) is 32.8. The Balaban J connectivity index is 1.35. The standard InChI is InChI=1S/C48H28S2/c1-3-13-29(14-4-1)31-23-25-35-38(27-31)43(30-15-5-2-6-16-30)33-17-7-8-18-34(33)45(35)39-28-32-24-26-42-46(36-19-9-11-21-40(36)49-42)44(32)47-37-20-10-12-22-41(37)50-48(39)47/h1-28H. The van der Waals surface area contributed by atoms with E-state index in [1.54, 1.807) is 0 Å². The molecule has 0 fully saturated rings. The average Bonchev–Trinajstić information content (AvgIpc) is 3.76. The van der Waals surface area contributed by atoms with Gasteiger partial charge in [0.15, 0.2) is 0 Å². The molecule has 0 saturated carbocycles. The lowest BCUT2D eigenvalue weighted by molar-refractivity contribution is 1.64. The number of rotatable bonds is 3. The Morgan fingerprint density at radius 3 is 1.62 bits per heavy atom. The molecule has 2 heterocycles. The highest BCUT2D eigenvalue weighted by molar-refractivity contribution is 7.27. The van der Waals surface area contributed by atoms with Crippen LogP contribution in [0.2, 0.25) is 0 Å². The molecule has 11 rings (SSSR count). The normalized spacial score (nSPS) is 12.0. The quantitative estimate of drug-likeness (QED) is 0.164. The van der Waals surface area contributed by atoms with Crippen LogP contribution in [0.4, 0.5) is 0 Å². The van der Waals surface area contributed by atoms with Gasteiger partial charge in [-0.05, 0) is 85.1 Å². The van der Waals surface area contributed by atoms with Crippen LogP contribution in [-0.4, -0.2) is 0 Å². The third-order valence-electron chi connectivity index (χ3n) is 10.4. The summed E-state index contributed by atoms with van der Waals surface area (Å²) in [6.07, 6.45) is 0. The molecule has 0 aliphatic heterocycles. The molecule has 2 heteroatoms. The van der Waals surface area contributed by atoms with Crippen molar-refractivity contribution in [2.45, 2.75) is 0 Å². The van der Waals surface area contributed by atoms with Crippen molar-refractivity contribution in [3.63, 3.8) is 0 Å². The Kier molecular flexibility index (Phi) is 6.09. The summed E-state index contributed by atoms with van der Waals surface area (Å²) in [7, 11) is 0. The van der Waals surface area contributed by atoms with Gasteiger partial charge in [-0.1, -0.05) is 140 Å². The zero-order valence-corrected chi connectivity index (χ0v) is 28.6. The van der Waals surface area contributed by atoms with Crippen LogP contribution in [0.1, 0.15) is 0 Å². The first-order valence-electron chi connectivity index (χ1n) is 17.1. The molecule has 0 N–H and O–H groups in total.